The van der Waals surface area contributed by atoms with Crippen molar-refractivity contribution in [3.8, 4) is 5.75 Å². The molecule has 0 bridgehead atoms. The molecular weight excluding hydrogens is 511 g/mol. The standard InChI is InChI=1S/C21H19ClF7N3O3/c1-3-32(9-17(25)26)20(34)30-15-8-16(35-10(2)21(27,28)29)11(7-14(15)24)19(33)31-18-12(22)5-4-6-13(18)23/h4-8,10,17H,3,9H2,1-2H3,(H,30,34)(H,31,33). The number of urea groups is 1. The van der Waals surface area contributed by atoms with Crippen LogP contribution in [-0.2, 0) is 0 Å². The van der Waals surface area contributed by atoms with E-state index >= 15 is 0 Å². The molecule has 0 heterocycles. The third-order valence-corrected chi connectivity index (χ3v) is 4.86. The molecule has 0 spiro atoms. The highest BCUT2D eigenvalue weighted by Crippen LogP contribution is 2.33. The van der Waals surface area contributed by atoms with Crippen LogP contribution in [0.3, 0.4) is 0 Å². The molecule has 0 aromatic heterocycles. The second-order valence-corrected chi connectivity index (χ2v) is 7.45. The van der Waals surface area contributed by atoms with E-state index in [-0.39, 0.29) is 11.6 Å². The number of benzene rings is 2. The minimum Gasteiger partial charge on any atom is -0.480 e. The Morgan fingerprint density at radius 3 is 2.31 bits per heavy atom. The molecule has 0 fully saturated rings. The van der Waals surface area contributed by atoms with E-state index in [1.165, 1.54) is 19.1 Å². The van der Waals surface area contributed by atoms with Crippen molar-refractivity contribution in [2.24, 2.45) is 0 Å². The number of ether oxygens (including phenoxy) is 1. The van der Waals surface area contributed by atoms with Gasteiger partial charge in [0, 0.05) is 12.6 Å². The highest BCUT2D eigenvalue weighted by atomic mass is 35.5. The molecule has 0 radical (unpaired) electrons. The summed E-state index contributed by atoms with van der Waals surface area (Å²) in [6.07, 6.45) is -10.3. The lowest BCUT2D eigenvalue weighted by Crippen LogP contribution is -2.38. The van der Waals surface area contributed by atoms with Gasteiger partial charge in [-0.1, -0.05) is 17.7 Å². The van der Waals surface area contributed by atoms with Crippen LogP contribution in [0.5, 0.6) is 5.75 Å². The summed E-state index contributed by atoms with van der Waals surface area (Å²) in [6, 6.07) is 3.27. The van der Waals surface area contributed by atoms with Gasteiger partial charge >= 0.3 is 12.2 Å². The summed E-state index contributed by atoms with van der Waals surface area (Å²) in [5, 5.41) is 3.75. The van der Waals surface area contributed by atoms with E-state index in [0.29, 0.717) is 24.0 Å². The second kappa shape index (κ2) is 11.5. The fourth-order valence-electron chi connectivity index (χ4n) is 2.70. The second-order valence-electron chi connectivity index (χ2n) is 7.04. The topological polar surface area (TPSA) is 70.7 Å². The normalized spacial score (nSPS) is 12.3. The zero-order valence-electron chi connectivity index (χ0n) is 18.2. The zero-order valence-corrected chi connectivity index (χ0v) is 18.9. The molecule has 6 nitrogen and oxygen atoms in total. The van der Waals surface area contributed by atoms with Crippen LogP contribution in [0.15, 0.2) is 30.3 Å². The van der Waals surface area contributed by atoms with Gasteiger partial charge in [0.25, 0.3) is 12.3 Å². The molecule has 2 rings (SSSR count). The average Bonchev–Trinajstić information content (AvgIpc) is 2.75. The number of hydrogen-bond acceptors (Lipinski definition) is 3. The van der Waals surface area contributed by atoms with Crippen LogP contribution in [0.1, 0.15) is 24.2 Å². The molecular formula is C21H19ClF7N3O3. The number of hydrogen-bond donors (Lipinski definition) is 2. The Morgan fingerprint density at radius 2 is 1.77 bits per heavy atom. The van der Waals surface area contributed by atoms with Gasteiger partial charge in [-0.25, -0.2) is 22.4 Å². The molecule has 14 heteroatoms. The van der Waals surface area contributed by atoms with E-state index in [9.17, 15) is 40.3 Å². The third-order valence-electron chi connectivity index (χ3n) is 4.55. The molecule has 0 aliphatic heterocycles. The minimum absolute atomic E-state index is 0.184. The lowest BCUT2D eigenvalue weighted by atomic mass is 10.1. The zero-order chi connectivity index (χ0) is 26.5. The molecule has 0 aliphatic rings. The monoisotopic (exact) mass is 529 g/mol. The summed E-state index contributed by atoms with van der Waals surface area (Å²) in [4.78, 5) is 25.5. The summed E-state index contributed by atoms with van der Waals surface area (Å²) in [5.74, 6) is -4.37. The smallest absolute Gasteiger partial charge is 0.425 e. The Morgan fingerprint density at radius 1 is 1.11 bits per heavy atom. The predicted molar refractivity (Wildman–Crippen MR) is 114 cm³/mol. The summed E-state index contributed by atoms with van der Waals surface area (Å²) < 4.78 is 98.0. The number of carbonyl (C=O) groups excluding carboxylic acids is 2. The number of nitrogens with zero attached hydrogens (tertiary/aromatic N) is 1. The number of rotatable bonds is 8. The number of alkyl halides is 5. The van der Waals surface area contributed by atoms with Crippen LogP contribution in [-0.4, -0.2) is 48.6 Å². The lowest BCUT2D eigenvalue weighted by molar-refractivity contribution is -0.189. The van der Waals surface area contributed by atoms with Crippen molar-refractivity contribution in [3.63, 3.8) is 0 Å². The van der Waals surface area contributed by atoms with Crippen molar-refractivity contribution in [1.29, 1.82) is 0 Å². The van der Waals surface area contributed by atoms with Gasteiger partial charge in [-0.15, -0.1) is 0 Å². The van der Waals surface area contributed by atoms with Gasteiger partial charge < -0.3 is 20.3 Å². The molecule has 2 aromatic carbocycles. The van der Waals surface area contributed by atoms with Crippen molar-refractivity contribution in [3.05, 3.63) is 52.6 Å². The summed E-state index contributed by atoms with van der Waals surface area (Å²) >= 11 is 5.82. The number of carbonyl (C=O) groups is 2. The van der Waals surface area contributed by atoms with Crippen LogP contribution in [0.4, 0.5) is 46.9 Å². The number of para-hydroxylation sites is 1. The van der Waals surface area contributed by atoms with E-state index in [1.54, 1.807) is 0 Å². The fourth-order valence-corrected chi connectivity index (χ4v) is 2.91. The van der Waals surface area contributed by atoms with Gasteiger partial charge in [-0.2, -0.15) is 13.2 Å². The first-order valence-corrected chi connectivity index (χ1v) is 10.3. The molecule has 2 aromatic rings. The first-order valence-electron chi connectivity index (χ1n) is 9.90. The van der Waals surface area contributed by atoms with E-state index < -0.39 is 71.5 Å². The average molecular weight is 530 g/mol. The summed E-state index contributed by atoms with van der Waals surface area (Å²) in [6.45, 7) is 0.816. The van der Waals surface area contributed by atoms with Gasteiger partial charge in [0.05, 0.1) is 28.5 Å². The molecule has 0 saturated carbocycles. The van der Waals surface area contributed by atoms with Gasteiger partial charge in [0.1, 0.15) is 17.4 Å². The molecule has 0 saturated heterocycles. The van der Waals surface area contributed by atoms with Crippen LogP contribution in [0.2, 0.25) is 5.02 Å². The molecule has 0 aliphatic carbocycles. The maximum absolute atomic E-state index is 14.7. The molecule has 192 valence electrons. The van der Waals surface area contributed by atoms with Crippen molar-refractivity contribution in [2.45, 2.75) is 32.6 Å². The summed E-state index contributed by atoms with van der Waals surface area (Å²) in [5.41, 5.74) is -2.04. The van der Waals surface area contributed by atoms with E-state index in [1.807, 2.05) is 10.6 Å². The van der Waals surface area contributed by atoms with E-state index in [0.717, 1.165) is 6.07 Å². The fraction of sp³-hybridized carbons (Fsp3) is 0.333. The lowest BCUT2D eigenvalue weighted by Gasteiger charge is -2.23. The Bertz CT molecular complexity index is 1060. The van der Waals surface area contributed by atoms with Crippen molar-refractivity contribution < 1.29 is 45.1 Å². The van der Waals surface area contributed by atoms with Gasteiger partial charge in [0.15, 0.2) is 6.10 Å². The van der Waals surface area contributed by atoms with Crippen molar-refractivity contribution in [2.75, 3.05) is 23.7 Å². The van der Waals surface area contributed by atoms with Gasteiger partial charge in [0.2, 0.25) is 0 Å². The SMILES string of the molecule is CCN(CC(F)F)C(=O)Nc1cc(OC(C)C(F)(F)F)c(C(=O)Nc2c(F)cccc2Cl)cc1F. The molecule has 1 unspecified atom stereocenters. The highest BCUT2D eigenvalue weighted by molar-refractivity contribution is 6.34. The predicted octanol–water partition coefficient (Wildman–Crippen LogP) is 6.32. The van der Waals surface area contributed by atoms with Gasteiger partial charge in [-0.3, -0.25) is 4.79 Å². The molecule has 35 heavy (non-hydrogen) atoms. The maximum atomic E-state index is 14.7. The quantitative estimate of drug-likeness (QED) is 0.393. The Labute approximate surface area is 200 Å². The third kappa shape index (κ3) is 7.38. The number of anilines is 2. The Kier molecular flexibility index (Phi) is 9.18. The van der Waals surface area contributed by atoms with Crippen LogP contribution >= 0.6 is 11.6 Å². The van der Waals surface area contributed by atoms with E-state index in [2.05, 4.69) is 0 Å². The minimum atomic E-state index is -4.89. The first-order chi connectivity index (χ1) is 16.2. The number of halogens is 8. The van der Waals surface area contributed by atoms with Crippen LogP contribution < -0.4 is 15.4 Å². The largest absolute Gasteiger partial charge is 0.480 e. The van der Waals surface area contributed by atoms with Crippen molar-refractivity contribution in [1.82, 2.24) is 4.90 Å². The number of amides is 3. The first kappa shape index (κ1) is 28.0. The molecule has 3 amide bonds. The van der Waals surface area contributed by atoms with Crippen LogP contribution in [0.25, 0.3) is 0 Å². The maximum Gasteiger partial charge on any atom is 0.425 e. The Balaban J connectivity index is 2.46. The molecule has 2 N–H and O–H groups in total. The van der Waals surface area contributed by atoms with Crippen molar-refractivity contribution >= 4 is 34.9 Å². The van der Waals surface area contributed by atoms with E-state index in [4.69, 9.17) is 16.3 Å². The van der Waals surface area contributed by atoms with Crippen LogP contribution in [0, 0.1) is 11.6 Å². The summed E-state index contributed by atoms with van der Waals surface area (Å²) in [7, 11) is 0. The van der Waals surface area contributed by atoms with Gasteiger partial charge in [-0.05, 0) is 32.0 Å². The Hall–Kier alpha value is -3.22. The molecule has 1 atom stereocenters. The number of nitrogens with one attached hydrogen (secondary N) is 2. The highest BCUT2D eigenvalue weighted by Gasteiger charge is 2.39.